The molecule has 2 aromatic heterocycles. The number of anilines is 6. The van der Waals surface area contributed by atoms with Crippen LogP contribution in [0.25, 0.3) is 175 Å². The second-order valence-electron chi connectivity index (χ2n) is 30.4. The zero-order chi connectivity index (χ0) is 76.6. The van der Waals surface area contributed by atoms with Crippen molar-refractivity contribution in [2.45, 2.75) is 0 Å². The fourth-order valence-corrected chi connectivity index (χ4v) is 17.9. The Morgan fingerprint density at radius 1 is 0.147 bits per heavy atom. The lowest BCUT2D eigenvalue weighted by atomic mass is 9.96. The molecular weight excluding hydrogens is 1400 g/mol. The van der Waals surface area contributed by atoms with E-state index in [9.17, 15) is 0 Å². The van der Waals surface area contributed by atoms with Crippen molar-refractivity contribution < 1.29 is 0 Å². The first kappa shape index (κ1) is 67.5. The number of hydrogen-bond donors (Lipinski definition) is 0. The van der Waals surface area contributed by atoms with Gasteiger partial charge >= 0.3 is 0 Å². The van der Waals surface area contributed by atoms with Crippen LogP contribution in [0.15, 0.2) is 449 Å². The average Bonchev–Trinajstić information content (AvgIpc) is 1.57. The van der Waals surface area contributed by atoms with Gasteiger partial charge in [-0.25, -0.2) is 0 Å². The Bertz CT molecular complexity index is 7550. The van der Waals surface area contributed by atoms with Gasteiger partial charge in [-0.15, -0.1) is 0 Å². The van der Waals surface area contributed by atoms with Crippen LogP contribution in [0.5, 0.6) is 0 Å². The molecule has 0 spiro atoms. The van der Waals surface area contributed by atoms with Gasteiger partial charge in [0.2, 0.25) is 0 Å². The lowest BCUT2D eigenvalue weighted by molar-refractivity contribution is 1.18. The van der Waals surface area contributed by atoms with E-state index in [1.165, 1.54) is 169 Å². The van der Waals surface area contributed by atoms with E-state index in [0.717, 1.165) is 39.8 Å². The van der Waals surface area contributed by atoms with Crippen molar-refractivity contribution in [2.75, 3.05) is 9.80 Å². The first-order valence-corrected chi connectivity index (χ1v) is 39.9. The molecule has 0 saturated carbocycles. The smallest absolute Gasteiger partial charge is 0.0547 e. The summed E-state index contributed by atoms with van der Waals surface area (Å²) in [5.41, 5.74) is 23.4. The van der Waals surface area contributed by atoms with Gasteiger partial charge in [-0.1, -0.05) is 297 Å². The highest BCUT2D eigenvalue weighted by atomic mass is 15.1. The van der Waals surface area contributed by atoms with Gasteiger partial charge in [0.25, 0.3) is 0 Å². The Labute approximate surface area is 672 Å². The molecule has 116 heavy (non-hydrogen) atoms. The maximum atomic E-state index is 2.49. The van der Waals surface area contributed by atoms with Crippen molar-refractivity contribution >= 4 is 153 Å². The van der Waals surface area contributed by atoms with Gasteiger partial charge in [0.05, 0.1) is 27.8 Å². The third kappa shape index (κ3) is 12.1. The van der Waals surface area contributed by atoms with E-state index in [1.54, 1.807) is 0 Å². The largest absolute Gasteiger partial charge is 0.311 e. The summed E-state index contributed by atoms with van der Waals surface area (Å²) in [6.07, 6.45) is 0. The topological polar surface area (TPSA) is 16.3 Å². The maximum Gasteiger partial charge on any atom is 0.0547 e. The molecule has 0 fully saturated rings. The highest BCUT2D eigenvalue weighted by Gasteiger charge is 2.22. The number of benzene rings is 21. The maximum absolute atomic E-state index is 2.49. The molecule has 4 nitrogen and oxygen atoms in total. The Morgan fingerprint density at radius 3 is 0.810 bits per heavy atom. The summed E-state index contributed by atoms with van der Waals surface area (Å²) in [5, 5.41) is 22.5. The van der Waals surface area contributed by atoms with E-state index in [2.05, 4.69) is 468 Å². The molecule has 4 heteroatoms. The van der Waals surface area contributed by atoms with Gasteiger partial charge in [0.1, 0.15) is 0 Å². The number of para-hydroxylation sites is 2. The van der Waals surface area contributed by atoms with Crippen LogP contribution in [0.4, 0.5) is 34.1 Å². The normalized spacial score (nSPS) is 11.6. The molecule has 2 heterocycles. The van der Waals surface area contributed by atoms with Crippen LogP contribution in [0.1, 0.15) is 0 Å². The van der Waals surface area contributed by atoms with E-state index in [4.69, 9.17) is 0 Å². The van der Waals surface area contributed by atoms with Crippen LogP contribution >= 0.6 is 0 Å². The third-order valence-electron chi connectivity index (χ3n) is 23.6. The van der Waals surface area contributed by atoms with Crippen LogP contribution in [0, 0.1) is 0 Å². The zero-order valence-corrected chi connectivity index (χ0v) is 63.5. The summed E-state index contributed by atoms with van der Waals surface area (Å²) in [7, 11) is 0. The van der Waals surface area contributed by atoms with Crippen LogP contribution in [-0.4, -0.2) is 9.13 Å². The first-order valence-electron chi connectivity index (χ1n) is 39.9. The predicted molar refractivity (Wildman–Crippen MR) is 495 cm³/mol. The minimum absolute atomic E-state index is 1.11. The molecular formula is C112H74N4. The standard InChI is InChI=1S/C58H38N2.C54H36N2/c1-2-18-48(19-3-1)59(49-28-24-40(25-29-49)47-23-22-39-12-4-5-13-42(39)34-47)50-30-26-41(27-31-50)51-32-33-56(53-21-11-10-20-52(51)53)60-57-37-45-16-8-6-14-43(45)35-54(57)55-36-44-15-7-9-17-46(44)38-58(55)60;1-2-18-47(19-3-1)55(49-29-25-39(26-30-49)46-22-21-37-11-4-5-12-40(37)31-46)48-27-23-38(24-28-48)41-17-10-20-50(32-41)56-53-35-44-15-8-6-13-42(44)33-51(53)52-34-43-14-7-9-16-45(43)36-54(52)56/h1-38H;1-36H. The molecule has 0 amide bonds. The van der Waals surface area contributed by atoms with Crippen LogP contribution in [0.3, 0.4) is 0 Å². The molecule has 0 bridgehead atoms. The van der Waals surface area contributed by atoms with E-state index in [1.807, 2.05) is 0 Å². The predicted octanol–water partition coefficient (Wildman–Crippen LogP) is 31.2. The van der Waals surface area contributed by atoms with Gasteiger partial charge < -0.3 is 18.9 Å². The molecule has 0 aliphatic rings. The molecule has 0 saturated heterocycles. The van der Waals surface area contributed by atoms with Crippen molar-refractivity contribution in [3.05, 3.63) is 449 Å². The molecule has 23 rings (SSSR count). The van der Waals surface area contributed by atoms with Crippen molar-refractivity contribution in [1.29, 1.82) is 0 Å². The highest BCUT2D eigenvalue weighted by Crippen LogP contribution is 2.45. The summed E-state index contributed by atoms with van der Waals surface area (Å²) < 4.78 is 4.93. The summed E-state index contributed by atoms with van der Waals surface area (Å²) in [6.45, 7) is 0. The second-order valence-corrected chi connectivity index (χ2v) is 30.4. The molecule has 0 N–H and O–H groups in total. The SMILES string of the molecule is c1ccc(N(c2ccc(-c3ccc4ccccc4c3)cc2)c2ccc(-c3ccc(-n4c5cc6ccccc6cc5c5cc6ccccc6cc54)c4ccccc34)cc2)cc1.c1ccc(N(c2ccc(-c3cccc(-n4c5cc6ccccc6cc5c5cc6ccccc6cc54)c3)cc2)c2ccc(-c3ccc4ccccc4c3)cc2)cc1. The lowest BCUT2D eigenvalue weighted by Crippen LogP contribution is -2.09. The summed E-state index contributed by atoms with van der Waals surface area (Å²) in [4.78, 5) is 4.67. The number of aromatic nitrogens is 2. The fraction of sp³-hybridized carbons (Fsp3) is 0. The number of hydrogen-bond acceptors (Lipinski definition) is 2. The minimum Gasteiger partial charge on any atom is -0.311 e. The van der Waals surface area contributed by atoms with Gasteiger partial charge in [-0.2, -0.15) is 0 Å². The van der Waals surface area contributed by atoms with E-state index >= 15 is 0 Å². The van der Waals surface area contributed by atoms with Crippen molar-refractivity contribution in [3.8, 4) is 55.9 Å². The number of fused-ring (bicyclic) bond motifs is 13. The summed E-state index contributed by atoms with van der Waals surface area (Å²) in [6, 6.07) is 164. The molecule has 21 aromatic carbocycles. The van der Waals surface area contributed by atoms with E-state index in [-0.39, 0.29) is 0 Å². The molecule has 0 aliphatic heterocycles. The molecule has 0 atom stereocenters. The average molecular weight is 1480 g/mol. The van der Waals surface area contributed by atoms with E-state index < -0.39 is 0 Å². The number of rotatable bonds is 12. The highest BCUT2D eigenvalue weighted by molar-refractivity contribution is 6.19. The first-order chi connectivity index (χ1) is 57.5. The molecule has 0 unspecified atom stereocenters. The fourth-order valence-electron chi connectivity index (χ4n) is 17.9. The Hall–Kier alpha value is -15.4. The quantitative estimate of drug-likeness (QED) is 0.121. The monoisotopic (exact) mass is 1470 g/mol. The van der Waals surface area contributed by atoms with Gasteiger partial charge in [-0.3, -0.25) is 0 Å². The van der Waals surface area contributed by atoms with Gasteiger partial charge in [0, 0.05) is 66.7 Å². The van der Waals surface area contributed by atoms with Crippen LogP contribution < -0.4 is 9.80 Å². The van der Waals surface area contributed by atoms with Crippen molar-refractivity contribution in [2.24, 2.45) is 0 Å². The molecule has 0 radical (unpaired) electrons. The van der Waals surface area contributed by atoms with Crippen LogP contribution in [-0.2, 0) is 0 Å². The number of nitrogens with zero attached hydrogens (tertiary/aromatic N) is 4. The Balaban J connectivity index is 0.000000141. The minimum atomic E-state index is 1.11. The third-order valence-corrected chi connectivity index (χ3v) is 23.6. The lowest BCUT2D eigenvalue weighted by Gasteiger charge is -2.26. The summed E-state index contributed by atoms with van der Waals surface area (Å²) in [5.74, 6) is 0. The molecule has 23 aromatic rings. The van der Waals surface area contributed by atoms with Crippen molar-refractivity contribution in [3.63, 3.8) is 0 Å². The molecule has 542 valence electrons. The summed E-state index contributed by atoms with van der Waals surface area (Å²) >= 11 is 0. The van der Waals surface area contributed by atoms with Crippen LogP contribution in [0.2, 0.25) is 0 Å². The van der Waals surface area contributed by atoms with E-state index in [0.29, 0.717) is 0 Å². The zero-order valence-electron chi connectivity index (χ0n) is 63.5. The van der Waals surface area contributed by atoms with Gasteiger partial charge in [0.15, 0.2) is 0 Å². The molecule has 0 aliphatic carbocycles. The van der Waals surface area contributed by atoms with Crippen molar-refractivity contribution in [1.82, 2.24) is 9.13 Å². The Kier molecular flexibility index (Phi) is 16.6. The second kappa shape index (κ2) is 28.4. The van der Waals surface area contributed by atoms with Gasteiger partial charge in [-0.05, 0) is 266 Å². The Morgan fingerprint density at radius 2 is 0.431 bits per heavy atom.